The van der Waals surface area contributed by atoms with E-state index in [1.807, 2.05) is 0 Å². The average Bonchev–Trinajstić information content (AvgIpc) is 2.87. The predicted molar refractivity (Wildman–Crippen MR) is 76.7 cm³/mol. The van der Waals surface area contributed by atoms with Crippen molar-refractivity contribution < 1.29 is 12.9 Å². The summed E-state index contributed by atoms with van der Waals surface area (Å²) in [4.78, 5) is 8.34. The molecule has 112 valence electrons. The second kappa shape index (κ2) is 5.70. The largest absolute Gasteiger partial charge is 0.339 e. The highest BCUT2D eigenvalue weighted by Crippen LogP contribution is 2.16. The summed E-state index contributed by atoms with van der Waals surface area (Å²) in [6, 6.07) is 3.19. The molecule has 1 N–H and O–H groups in total. The summed E-state index contributed by atoms with van der Waals surface area (Å²) in [6.07, 6.45) is 1.88. The molecule has 3 heterocycles. The van der Waals surface area contributed by atoms with Crippen molar-refractivity contribution in [1.82, 2.24) is 20.4 Å². The molecule has 1 fully saturated rings. The zero-order valence-electron chi connectivity index (χ0n) is 11.0. The summed E-state index contributed by atoms with van der Waals surface area (Å²) in [5, 5.41) is 7.52. The van der Waals surface area contributed by atoms with Gasteiger partial charge in [0.2, 0.25) is 11.7 Å². The average molecular weight is 329 g/mol. The Hall–Kier alpha value is -1.51. The van der Waals surface area contributed by atoms with Gasteiger partial charge in [0, 0.05) is 25.2 Å². The van der Waals surface area contributed by atoms with Crippen LogP contribution in [-0.4, -0.2) is 47.6 Å². The van der Waals surface area contributed by atoms with Crippen LogP contribution in [-0.2, 0) is 16.3 Å². The Kier molecular flexibility index (Phi) is 3.92. The number of hydrogen-bond acceptors (Lipinski definition) is 7. The molecule has 2 aromatic heterocycles. The van der Waals surface area contributed by atoms with Crippen LogP contribution in [0.2, 0.25) is 5.02 Å². The third-order valence-electron chi connectivity index (χ3n) is 3.15. The molecule has 0 saturated carbocycles. The van der Waals surface area contributed by atoms with E-state index in [0.717, 1.165) is 0 Å². The number of halogens is 1. The second-order valence-electron chi connectivity index (χ2n) is 4.84. The normalized spacial score (nSPS) is 21.3. The number of nitrogens with one attached hydrogen (secondary N) is 1. The summed E-state index contributed by atoms with van der Waals surface area (Å²) >= 11 is 5.77. The van der Waals surface area contributed by atoms with Crippen LogP contribution < -0.4 is 5.32 Å². The van der Waals surface area contributed by atoms with E-state index in [-0.39, 0.29) is 17.5 Å². The van der Waals surface area contributed by atoms with E-state index >= 15 is 0 Å². The lowest BCUT2D eigenvalue weighted by atomic mass is 10.2. The van der Waals surface area contributed by atoms with Crippen molar-refractivity contribution in [3.8, 4) is 11.5 Å². The summed E-state index contributed by atoms with van der Waals surface area (Å²) in [6.45, 7) is 0.451. The number of nitrogens with zero attached hydrogens (tertiary/aromatic N) is 3. The van der Waals surface area contributed by atoms with Gasteiger partial charge in [-0.3, -0.25) is 4.98 Å². The minimum Gasteiger partial charge on any atom is -0.339 e. The molecule has 0 amide bonds. The van der Waals surface area contributed by atoms with Crippen LogP contribution >= 0.6 is 11.6 Å². The quantitative estimate of drug-likeness (QED) is 0.886. The van der Waals surface area contributed by atoms with Gasteiger partial charge >= 0.3 is 0 Å². The fraction of sp³-hybridized carbons (Fsp3) is 0.417. The Morgan fingerprint density at radius 3 is 3.00 bits per heavy atom. The van der Waals surface area contributed by atoms with Crippen molar-refractivity contribution in [2.75, 3.05) is 18.1 Å². The van der Waals surface area contributed by atoms with E-state index in [4.69, 9.17) is 16.1 Å². The molecule has 3 rings (SSSR count). The highest BCUT2D eigenvalue weighted by atomic mass is 35.5. The van der Waals surface area contributed by atoms with E-state index < -0.39 is 9.84 Å². The lowest BCUT2D eigenvalue weighted by Crippen LogP contribution is -2.46. The molecule has 0 spiro atoms. The first kappa shape index (κ1) is 14.4. The molecule has 0 aromatic carbocycles. The molecule has 7 nitrogen and oxygen atoms in total. The maximum atomic E-state index is 11.6. The number of sulfone groups is 1. The first-order valence-electron chi connectivity index (χ1n) is 6.40. The lowest BCUT2D eigenvalue weighted by molar-refractivity contribution is 0.361. The van der Waals surface area contributed by atoms with Gasteiger partial charge in [0.25, 0.3) is 0 Å². The Morgan fingerprint density at radius 1 is 1.43 bits per heavy atom. The standard InChI is InChI=1S/C12H13ClN4O3S/c13-8-1-2-10(15-6-8)12-16-11(20-17-12)5-9-7-21(18,19)4-3-14-9/h1-2,6,9,14H,3-5,7H2. The molecule has 2 aromatic rings. The van der Waals surface area contributed by atoms with Gasteiger partial charge in [0.1, 0.15) is 5.69 Å². The zero-order chi connectivity index (χ0) is 14.9. The van der Waals surface area contributed by atoms with Gasteiger partial charge in [-0.05, 0) is 12.1 Å². The number of pyridine rings is 1. The van der Waals surface area contributed by atoms with Crippen molar-refractivity contribution in [3.05, 3.63) is 29.2 Å². The number of aromatic nitrogens is 3. The summed E-state index contributed by atoms with van der Waals surface area (Å²) in [5.41, 5.74) is 0.554. The molecular formula is C12H13ClN4O3S. The SMILES string of the molecule is O=S1(=O)CCNC(Cc2nc(-c3ccc(Cl)cn3)no2)C1. The Balaban J connectivity index is 1.72. The lowest BCUT2D eigenvalue weighted by Gasteiger charge is -2.21. The first-order valence-corrected chi connectivity index (χ1v) is 8.60. The van der Waals surface area contributed by atoms with Crippen LogP contribution in [0.25, 0.3) is 11.5 Å². The van der Waals surface area contributed by atoms with Crippen LogP contribution in [0.1, 0.15) is 5.89 Å². The van der Waals surface area contributed by atoms with Crippen molar-refractivity contribution in [2.24, 2.45) is 0 Å². The Bertz CT molecular complexity index is 729. The first-order chi connectivity index (χ1) is 10.0. The number of rotatable bonds is 3. The Morgan fingerprint density at radius 2 is 2.29 bits per heavy atom. The van der Waals surface area contributed by atoms with Gasteiger partial charge in [-0.15, -0.1) is 0 Å². The number of hydrogen-bond donors (Lipinski definition) is 1. The summed E-state index contributed by atoms with van der Waals surface area (Å²) < 4.78 is 28.3. The fourth-order valence-corrected chi connectivity index (χ4v) is 3.72. The minimum atomic E-state index is -2.98. The van der Waals surface area contributed by atoms with E-state index in [1.54, 1.807) is 12.1 Å². The van der Waals surface area contributed by atoms with Gasteiger partial charge < -0.3 is 9.84 Å². The maximum absolute atomic E-state index is 11.6. The van der Waals surface area contributed by atoms with Crippen LogP contribution in [0.5, 0.6) is 0 Å². The third-order valence-corrected chi connectivity index (χ3v) is 5.11. The highest BCUT2D eigenvalue weighted by molar-refractivity contribution is 7.91. The Labute approximate surface area is 126 Å². The topological polar surface area (TPSA) is 98.0 Å². The van der Waals surface area contributed by atoms with E-state index in [2.05, 4.69) is 20.4 Å². The van der Waals surface area contributed by atoms with Gasteiger partial charge in [-0.2, -0.15) is 4.98 Å². The van der Waals surface area contributed by atoms with Crippen molar-refractivity contribution in [1.29, 1.82) is 0 Å². The van der Waals surface area contributed by atoms with Crippen LogP contribution in [0, 0.1) is 0 Å². The van der Waals surface area contributed by atoms with Crippen LogP contribution in [0.4, 0.5) is 0 Å². The molecule has 21 heavy (non-hydrogen) atoms. The molecule has 0 bridgehead atoms. The molecule has 1 unspecified atom stereocenters. The predicted octanol–water partition coefficient (Wildman–Crippen LogP) is 0.714. The second-order valence-corrected chi connectivity index (χ2v) is 7.51. The van der Waals surface area contributed by atoms with Gasteiger partial charge in [-0.1, -0.05) is 16.8 Å². The third kappa shape index (κ3) is 3.58. The zero-order valence-corrected chi connectivity index (χ0v) is 12.6. The maximum Gasteiger partial charge on any atom is 0.228 e. The molecule has 1 aliphatic heterocycles. The van der Waals surface area contributed by atoms with Crippen molar-refractivity contribution >= 4 is 21.4 Å². The minimum absolute atomic E-state index is 0.0872. The monoisotopic (exact) mass is 328 g/mol. The molecule has 0 aliphatic carbocycles. The van der Waals surface area contributed by atoms with Crippen LogP contribution in [0.15, 0.2) is 22.9 Å². The van der Waals surface area contributed by atoms with Crippen LogP contribution in [0.3, 0.4) is 0 Å². The molecule has 9 heteroatoms. The van der Waals surface area contributed by atoms with E-state index in [9.17, 15) is 8.42 Å². The van der Waals surface area contributed by atoms with Gasteiger partial charge in [0.15, 0.2) is 9.84 Å². The van der Waals surface area contributed by atoms with Crippen molar-refractivity contribution in [2.45, 2.75) is 12.5 Å². The van der Waals surface area contributed by atoms with Crippen molar-refractivity contribution in [3.63, 3.8) is 0 Å². The fourth-order valence-electron chi connectivity index (χ4n) is 2.16. The molecule has 1 atom stereocenters. The smallest absolute Gasteiger partial charge is 0.228 e. The van der Waals surface area contributed by atoms with E-state index in [0.29, 0.717) is 35.4 Å². The van der Waals surface area contributed by atoms with E-state index in [1.165, 1.54) is 6.20 Å². The summed E-state index contributed by atoms with van der Waals surface area (Å²) in [7, 11) is -2.98. The van der Waals surface area contributed by atoms with Gasteiger partial charge in [0.05, 0.1) is 16.5 Å². The molecule has 1 saturated heterocycles. The molecule has 1 aliphatic rings. The summed E-state index contributed by atoms with van der Waals surface area (Å²) in [5.74, 6) is 1.01. The van der Waals surface area contributed by atoms with Gasteiger partial charge in [-0.25, -0.2) is 8.42 Å². The molecule has 0 radical (unpaired) electrons. The highest BCUT2D eigenvalue weighted by Gasteiger charge is 2.26. The molecular weight excluding hydrogens is 316 g/mol.